The fraction of sp³-hybridized carbons (Fsp3) is 0.533. The van der Waals surface area contributed by atoms with Gasteiger partial charge in [0.05, 0.1) is 17.2 Å². The van der Waals surface area contributed by atoms with Crippen LogP contribution >= 0.6 is 11.3 Å². The number of guanidine groups is 1. The lowest BCUT2D eigenvalue weighted by molar-refractivity contribution is 0.380. The Bertz CT molecular complexity index is 610. The molecule has 0 saturated carbocycles. The summed E-state index contributed by atoms with van der Waals surface area (Å²) in [6.45, 7) is 7.54. The SMILES string of the molecule is CCc1noc(CC)c1CNC(=NC)NCc1cnc(C)s1. The maximum absolute atomic E-state index is 5.38. The standard InChI is InChI=1S/C15H23N5OS/c1-5-13-12(14(6-2)21-20-13)9-19-15(16-4)18-8-11-7-17-10(3)22-11/h7H,5-6,8-9H2,1-4H3,(H2,16,18,19). The van der Waals surface area contributed by atoms with Crippen LogP contribution in [0.3, 0.4) is 0 Å². The first kappa shape index (κ1) is 16.5. The molecular formula is C15H23N5OS. The highest BCUT2D eigenvalue weighted by molar-refractivity contribution is 7.11. The topological polar surface area (TPSA) is 75.3 Å². The van der Waals surface area contributed by atoms with Gasteiger partial charge in [-0.05, 0) is 13.3 Å². The smallest absolute Gasteiger partial charge is 0.191 e. The number of nitrogens with zero attached hydrogens (tertiary/aromatic N) is 3. The predicted molar refractivity (Wildman–Crippen MR) is 89.1 cm³/mol. The molecule has 0 aliphatic heterocycles. The van der Waals surface area contributed by atoms with Gasteiger partial charge in [-0.2, -0.15) is 0 Å². The monoisotopic (exact) mass is 321 g/mol. The van der Waals surface area contributed by atoms with Gasteiger partial charge in [0.2, 0.25) is 0 Å². The zero-order chi connectivity index (χ0) is 15.9. The van der Waals surface area contributed by atoms with Crippen molar-refractivity contribution in [2.45, 2.75) is 46.7 Å². The molecular weight excluding hydrogens is 298 g/mol. The molecule has 7 heteroatoms. The van der Waals surface area contributed by atoms with Crippen molar-refractivity contribution in [3.05, 3.63) is 33.1 Å². The molecule has 0 amide bonds. The van der Waals surface area contributed by atoms with Gasteiger partial charge < -0.3 is 15.2 Å². The Kier molecular flexibility index (Phi) is 5.94. The molecule has 0 aliphatic rings. The summed E-state index contributed by atoms with van der Waals surface area (Å²) in [5, 5.41) is 11.8. The molecule has 2 aromatic rings. The first-order chi connectivity index (χ1) is 10.7. The molecule has 0 aliphatic carbocycles. The molecule has 2 heterocycles. The maximum atomic E-state index is 5.38. The summed E-state index contributed by atoms with van der Waals surface area (Å²) < 4.78 is 5.38. The van der Waals surface area contributed by atoms with Gasteiger partial charge in [0.15, 0.2) is 5.96 Å². The molecule has 120 valence electrons. The maximum Gasteiger partial charge on any atom is 0.191 e. The number of aromatic nitrogens is 2. The number of hydrogen-bond donors (Lipinski definition) is 2. The third kappa shape index (κ3) is 4.07. The van der Waals surface area contributed by atoms with Gasteiger partial charge in [-0.1, -0.05) is 19.0 Å². The lowest BCUT2D eigenvalue weighted by Crippen LogP contribution is -2.36. The van der Waals surface area contributed by atoms with E-state index in [1.54, 1.807) is 18.4 Å². The minimum Gasteiger partial charge on any atom is -0.361 e. The van der Waals surface area contributed by atoms with E-state index >= 15 is 0 Å². The average molecular weight is 321 g/mol. The second-order valence-electron chi connectivity index (χ2n) is 4.86. The zero-order valence-corrected chi connectivity index (χ0v) is 14.4. The molecule has 0 atom stereocenters. The minimum atomic E-state index is 0.664. The van der Waals surface area contributed by atoms with Gasteiger partial charge >= 0.3 is 0 Å². The molecule has 2 aromatic heterocycles. The molecule has 6 nitrogen and oxygen atoms in total. The molecule has 2 N–H and O–H groups in total. The molecule has 0 aromatic carbocycles. The van der Waals surface area contributed by atoms with E-state index in [-0.39, 0.29) is 0 Å². The number of thiazole rings is 1. The number of rotatable bonds is 6. The highest BCUT2D eigenvalue weighted by atomic mass is 32.1. The summed E-state index contributed by atoms with van der Waals surface area (Å²) in [5.41, 5.74) is 2.15. The van der Waals surface area contributed by atoms with Crippen molar-refractivity contribution in [2.75, 3.05) is 7.05 Å². The summed E-state index contributed by atoms with van der Waals surface area (Å²) in [6.07, 6.45) is 3.60. The van der Waals surface area contributed by atoms with E-state index in [1.807, 2.05) is 13.1 Å². The van der Waals surface area contributed by atoms with E-state index < -0.39 is 0 Å². The Labute approximate surface area is 135 Å². The summed E-state index contributed by atoms with van der Waals surface area (Å²) in [6, 6.07) is 0. The summed E-state index contributed by atoms with van der Waals surface area (Å²) >= 11 is 1.69. The normalized spacial score (nSPS) is 11.7. The molecule has 0 radical (unpaired) electrons. The fourth-order valence-electron chi connectivity index (χ4n) is 2.19. The van der Waals surface area contributed by atoms with Crippen LogP contribution in [0.4, 0.5) is 0 Å². The highest BCUT2D eigenvalue weighted by Crippen LogP contribution is 2.15. The number of hydrogen-bond acceptors (Lipinski definition) is 5. The number of aryl methyl sites for hydroxylation is 3. The summed E-state index contributed by atoms with van der Waals surface area (Å²) in [5.74, 6) is 1.70. The van der Waals surface area contributed by atoms with E-state index in [4.69, 9.17) is 4.52 Å². The van der Waals surface area contributed by atoms with Crippen molar-refractivity contribution in [3.63, 3.8) is 0 Å². The third-order valence-corrected chi connectivity index (χ3v) is 4.28. The van der Waals surface area contributed by atoms with Crippen molar-refractivity contribution >= 4 is 17.3 Å². The average Bonchev–Trinajstić information content (AvgIpc) is 3.13. The van der Waals surface area contributed by atoms with Gasteiger partial charge in [-0.15, -0.1) is 11.3 Å². The van der Waals surface area contributed by atoms with Gasteiger partial charge in [-0.3, -0.25) is 4.99 Å². The molecule has 0 saturated heterocycles. The van der Waals surface area contributed by atoms with E-state index in [0.29, 0.717) is 6.54 Å². The van der Waals surface area contributed by atoms with Crippen LogP contribution in [-0.4, -0.2) is 23.1 Å². The largest absolute Gasteiger partial charge is 0.361 e. The fourth-order valence-corrected chi connectivity index (χ4v) is 2.92. The van der Waals surface area contributed by atoms with Gasteiger partial charge in [0.25, 0.3) is 0 Å². The van der Waals surface area contributed by atoms with Crippen molar-refractivity contribution < 1.29 is 4.52 Å². The Morgan fingerprint density at radius 3 is 2.64 bits per heavy atom. The Balaban J connectivity index is 1.92. The van der Waals surface area contributed by atoms with Crippen molar-refractivity contribution in [2.24, 2.45) is 4.99 Å². The Hall–Kier alpha value is -1.89. The summed E-state index contributed by atoms with van der Waals surface area (Å²) in [4.78, 5) is 9.69. The quantitative estimate of drug-likeness (QED) is 0.631. The minimum absolute atomic E-state index is 0.664. The van der Waals surface area contributed by atoms with Gasteiger partial charge in [-0.25, -0.2) is 4.98 Å². The number of aliphatic imine (C=N–C) groups is 1. The zero-order valence-electron chi connectivity index (χ0n) is 13.6. The third-order valence-electron chi connectivity index (χ3n) is 3.36. The van der Waals surface area contributed by atoms with Crippen LogP contribution in [0.2, 0.25) is 0 Å². The lowest BCUT2D eigenvalue weighted by Gasteiger charge is -2.11. The van der Waals surface area contributed by atoms with Crippen LogP contribution < -0.4 is 10.6 Å². The van der Waals surface area contributed by atoms with Crippen LogP contribution in [0.25, 0.3) is 0 Å². The predicted octanol–water partition coefficient (Wildman–Crippen LogP) is 2.43. The highest BCUT2D eigenvalue weighted by Gasteiger charge is 2.13. The number of nitrogens with one attached hydrogen (secondary N) is 2. The van der Waals surface area contributed by atoms with Crippen molar-refractivity contribution in [1.29, 1.82) is 0 Å². The first-order valence-electron chi connectivity index (χ1n) is 7.50. The molecule has 0 unspecified atom stereocenters. The van der Waals surface area contributed by atoms with Gasteiger partial charge in [0.1, 0.15) is 5.76 Å². The molecule has 0 fully saturated rings. The summed E-state index contributed by atoms with van der Waals surface area (Å²) in [7, 11) is 1.77. The van der Waals surface area contributed by atoms with E-state index in [0.717, 1.165) is 47.4 Å². The molecule has 0 bridgehead atoms. The van der Waals surface area contributed by atoms with E-state index in [2.05, 4.69) is 39.6 Å². The Morgan fingerprint density at radius 1 is 1.27 bits per heavy atom. The molecule has 22 heavy (non-hydrogen) atoms. The Morgan fingerprint density at radius 2 is 2.05 bits per heavy atom. The van der Waals surface area contributed by atoms with Crippen molar-refractivity contribution in [1.82, 2.24) is 20.8 Å². The second kappa shape index (κ2) is 7.93. The van der Waals surface area contributed by atoms with Crippen LogP contribution in [0.1, 0.15) is 40.7 Å². The van der Waals surface area contributed by atoms with Crippen molar-refractivity contribution in [3.8, 4) is 0 Å². The molecule has 2 rings (SSSR count). The molecule has 0 spiro atoms. The van der Waals surface area contributed by atoms with E-state index in [9.17, 15) is 0 Å². The van der Waals surface area contributed by atoms with Gasteiger partial charge in [0, 0.05) is 36.7 Å². The lowest BCUT2D eigenvalue weighted by atomic mass is 10.1. The van der Waals surface area contributed by atoms with Crippen LogP contribution in [0.5, 0.6) is 0 Å². The van der Waals surface area contributed by atoms with Crippen LogP contribution in [0, 0.1) is 6.92 Å². The van der Waals surface area contributed by atoms with E-state index in [1.165, 1.54) is 4.88 Å². The van der Waals surface area contributed by atoms with Crippen LogP contribution in [0.15, 0.2) is 15.7 Å². The second-order valence-corrected chi connectivity index (χ2v) is 6.18. The first-order valence-corrected chi connectivity index (χ1v) is 8.31. The van der Waals surface area contributed by atoms with Crippen LogP contribution in [-0.2, 0) is 25.9 Å².